The molecule has 0 radical (unpaired) electrons. The summed E-state index contributed by atoms with van der Waals surface area (Å²) in [5.74, 6) is 0.409. The van der Waals surface area contributed by atoms with E-state index in [-0.39, 0.29) is 42.6 Å². The molecule has 5 nitrogen and oxygen atoms in total. The van der Waals surface area contributed by atoms with Crippen LogP contribution < -0.4 is 4.74 Å². The Kier molecular flexibility index (Phi) is 7.61. The van der Waals surface area contributed by atoms with Crippen LogP contribution in [-0.2, 0) is 16.0 Å². The smallest absolute Gasteiger partial charge is 0.341 e. The van der Waals surface area contributed by atoms with E-state index in [4.69, 9.17) is 9.47 Å². The van der Waals surface area contributed by atoms with Gasteiger partial charge in [0.2, 0.25) is 0 Å². The standard InChI is InChI=1S/C23H28O5/c1-15(2)13-28-23(26)21-10-5-17(12-22(21)25)11-19(24)14-27-20-8-6-18(7-9-20)16(3)4/h5-10,12,15-16,25H,11,13-14H2,1-4H3. The summed E-state index contributed by atoms with van der Waals surface area (Å²) >= 11 is 0. The number of ketones is 1. The van der Waals surface area contributed by atoms with Crippen LogP contribution in [0, 0.1) is 5.92 Å². The molecule has 0 fully saturated rings. The number of hydrogen-bond donors (Lipinski definition) is 1. The predicted molar refractivity (Wildman–Crippen MR) is 108 cm³/mol. The van der Waals surface area contributed by atoms with Crippen molar-refractivity contribution in [1.82, 2.24) is 0 Å². The second-order valence-electron chi connectivity index (χ2n) is 7.57. The SMILES string of the molecule is CC(C)COC(=O)c1ccc(CC(=O)COc2ccc(C(C)C)cc2)cc1O. The van der Waals surface area contributed by atoms with E-state index >= 15 is 0 Å². The molecule has 2 rings (SSSR count). The van der Waals surface area contributed by atoms with Crippen LogP contribution in [0.3, 0.4) is 0 Å². The molecule has 0 aliphatic heterocycles. The van der Waals surface area contributed by atoms with Gasteiger partial charge in [0.25, 0.3) is 0 Å². The van der Waals surface area contributed by atoms with Crippen molar-refractivity contribution in [2.24, 2.45) is 5.92 Å². The number of ether oxygens (including phenoxy) is 2. The number of carbonyl (C=O) groups excluding carboxylic acids is 2. The van der Waals surface area contributed by atoms with E-state index in [9.17, 15) is 14.7 Å². The highest BCUT2D eigenvalue weighted by atomic mass is 16.5. The first-order chi connectivity index (χ1) is 13.3. The van der Waals surface area contributed by atoms with E-state index in [2.05, 4.69) is 13.8 Å². The van der Waals surface area contributed by atoms with Gasteiger partial charge in [-0.15, -0.1) is 0 Å². The second kappa shape index (κ2) is 9.93. The molecule has 0 aromatic heterocycles. The van der Waals surface area contributed by atoms with Crippen LogP contribution in [0.1, 0.15) is 55.1 Å². The Bertz CT molecular complexity index is 806. The van der Waals surface area contributed by atoms with Crippen molar-refractivity contribution in [3.63, 3.8) is 0 Å². The highest BCUT2D eigenvalue weighted by Crippen LogP contribution is 2.21. The Morgan fingerprint density at radius 3 is 2.25 bits per heavy atom. The number of esters is 1. The first-order valence-corrected chi connectivity index (χ1v) is 9.49. The number of phenolic OH excluding ortho intramolecular Hbond substituents is 1. The van der Waals surface area contributed by atoms with Crippen LogP contribution in [0.2, 0.25) is 0 Å². The van der Waals surface area contributed by atoms with Gasteiger partial charge >= 0.3 is 5.97 Å². The van der Waals surface area contributed by atoms with Gasteiger partial charge in [-0.2, -0.15) is 0 Å². The van der Waals surface area contributed by atoms with Crippen LogP contribution in [-0.4, -0.2) is 30.1 Å². The first-order valence-electron chi connectivity index (χ1n) is 9.49. The minimum absolute atomic E-state index is 0.0556. The molecular weight excluding hydrogens is 356 g/mol. The predicted octanol–water partition coefficient (Wildman–Crippen LogP) is 4.52. The fraction of sp³-hybridized carbons (Fsp3) is 0.391. The third kappa shape index (κ3) is 6.41. The van der Waals surface area contributed by atoms with E-state index in [1.807, 2.05) is 38.1 Å². The van der Waals surface area contributed by atoms with Gasteiger partial charge in [0.05, 0.1) is 6.61 Å². The second-order valence-corrected chi connectivity index (χ2v) is 7.57. The van der Waals surface area contributed by atoms with E-state index in [1.165, 1.54) is 17.7 Å². The Labute approximate surface area is 166 Å². The van der Waals surface area contributed by atoms with E-state index in [1.54, 1.807) is 6.07 Å². The van der Waals surface area contributed by atoms with Gasteiger partial charge in [-0.3, -0.25) is 4.79 Å². The fourth-order valence-corrected chi connectivity index (χ4v) is 2.57. The molecule has 0 bridgehead atoms. The van der Waals surface area contributed by atoms with E-state index in [0.29, 0.717) is 17.2 Å². The molecule has 5 heteroatoms. The Balaban J connectivity index is 1.89. The van der Waals surface area contributed by atoms with Gasteiger partial charge < -0.3 is 14.6 Å². The number of Topliss-reactive ketones (excluding diaryl/α,β-unsaturated/α-hetero) is 1. The molecule has 150 valence electrons. The van der Waals surface area contributed by atoms with Crippen molar-refractivity contribution in [3.8, 4) is 11.5 Å². The number of rotatable bonds is 9. The summed E-state index contributed by atoms with van der Waals surface area (Å²) in [5, 5.41) is 10.1. The average molecular weight is 384 g/mol. The van der Waals surface area contributed by atoms with Crippen molar-refractivity contribution in [2.75, 3.05) is 13.2 Å². The van der Waals surface area contributed by atoms with E-state index < -0.39 is 5.97 Å². The minimum Gasteiger partial charge on any atom is -0.507 e. The van der Waals surface area contributed by atoms with Gasteiger partial charge in [-0.05, 0) is 47.2 Å². The molecule has 0 spiro atoms. The van der Waals surface area contributed by atoms with Crippen molar-refractivity contribution >= 4 is 11.8 Å². The highest BCUT2D eigenvalue weighted by Gasteiger charge is 2.15. The number of hydrogen-bond acceptors (Lipinski definition) is 5. The summed E-state index contributed by atoms with van der Waals surface area (Å²) in [6.07, 6.45) is 0.110. The lowest BCUT2D eigenvalue weighted by Crippen LogP contribution is -2.14. The monoisotopic (exact) mass is 384 g/mol. The Hall–Kier alpha value is -2.82. The zero-order chi connectivity index (χ0) is 20.7. The van der Waals surface area contributed by atoms with Gasteiger partial charge in [0, 0.05) is 6.42 Å². The van der Waals surface area contributed by atoms with Crippen molar-refractivity contribution in [1.29, 1.82) is 0 Å². The molecule has 0 heterocycles. The molecule has 2 aromatic rings. The molecule has 0 aliphatic carbocycles. The number of benzene rings is 2. The molecule has 28 heavy (non-hydrogen) atoms. The van der Waals surface area contributed by atoms with Gasteiger partial charge in [-0.1, -0.05) is 45.9 Å². The first kappa shape index (κ1) is 21.5. The molecule has 0 unspecified atom stereocenters. The zero-order valence-electron chi connectivity index (χ0n) is 16.9. The molecule has 0 aliphatic rings. The van der Waals surface area contributed by atoms with E-state index in [0.717, 1.165) is 0 Å². The minimum atomic E-state index is -0.572. The fourth-order valence-electron chi connectivity index (χ4n) is 2.57. The molecule has 0 saturated heterocycles. The lowest BCUT2D eigenvalue weighted by atomic mass is 10.0. The summed E-state index contributed by atoms with van der Waals surface area (Å²) in [4.78, 5) is 24.1. The van der Waals surface area contributed by atoms with Gasteiger partial charge in [0.15, 0.2) is 5.78 Å². The highest BCUT2D eigenvalue weighted by molar-refractivity contribution is 5.92. The van der Waals surface area contributed by atoms with Crippen molar-refractivity contribution < 1.29 is 24.2 Å². The molecule has 0 atom stereocenters. The summed E-state index contributed by atoms with van der Waals surface area (Å²) in [5.41, 5.74) is 1.92. The average Bonchev–Trinajstić information content (AvgIpc) is 2.65. The molecule has 0 amide bonds. The van der Waals surface area contributed by atoms with Crippen LogP contribution >= 0.6 is 0 Å². The third-order valence-corrected chi connectivity index (χ3v) is 4.18. The van der Waals surface area contributed by atoms with Gasteiger partial charge in [-0.25, -0.2) is 4.79 Å². The molecular formula is C23H28O5. The molecule has 0 saturated carbocycles. The quantitative estimate of drug-likeness (QED) is 0.644. The van der Waals surface area contributed by atoms with Crippen LogP contribution in [0.4, 0.5) is 0 Å². The maximum atomic E-state index is 12.2. The van der Waals surface area contributed by atoms with Crippen LogP contribution in [0.15, 0.2) is 42.5 Å². The third-order valence-electron chi connectivity index (χ3n) is 4.18. The van der Waals surface area contributed by atoms with Gasteiger partial charge in [0.1, 0.15) is 23.7 Å². The maximum absolute atomic E-state index is 12.2. The topological polar surface area (TPSA) is 72.8 Å². The Morgan fingerprint density at radius 1 is 1.00 bits per heavy atom. The summed E-state index contributed by atoms with van der Waals surface area (Å²) in [6, 6.07) is 12.2. The Morgan fingerprint density at radius 2 is 1.68 bits per heavy atom. The number of phenols is 1. The largest absolute Gasteiger partial charge is 0.507 e. The van der Waals surface area contributed by atoms with Crippen molar-refractivity contribution in [2.45, 2.75) is 40.0 Å². The summed E-state index contributed by atoms with van der Waals surface area (Å²) in [7, 11) is 0. The summed E-state index contributed by atoms with van der Waals surface area (Å²) in [6.45, 7) is 8.33. The molecule has 1 N–H and O–H groups in total. The molecule has 2 aromatic carbocycles. The van der Waals surface area contributed by atoms with Crippen LogP contribution in [0.25, 0.3) is 0 Å². The van der Waals surface area contributed by atoms with Crippen LogP contribution in [0.5, 0.6) is 11.5 Å². The normalized spacial score (nSPS) is 10.9. The number of aromatic hydroxyl groups is 1. The van der Waals surface area contributed by atoms with Crippen molar-refractivity contribution in [3.05, 3.63) is 59.2 Å². The maximum Gasteiger partial charge on any atom is 0.341 e. The summed E-state index contributed by atoms with van der Waals surface area (Å²) < 4.78 is 10.7. The number of carbonyl (C=O) groups is 2. The lowest BCUT2D eigenvalue weighted by Gasteiger charge is -2.10. The zero-order valence-corrected chi connectivity index (χ0v) is 16.9. The lowest BCUT2D eigenvalue weighted by molar-refractivity contribution is -0.120.